The van der Waals surface area contributed by atoms with Crippen molar-refractivity contribution < 1.29 is 9.59 Å². The van der Waals surface area contributed by atoms with Crippen LogP contribution in [0.5, 0.6) is 0 Å². The summed E-state index contributed by atoms with van der Waals surface area (Å²) in [5.74, 6) is -0.309. The van der Waals surface area contributed by atoms with E-state index in [0.29, 0.717) is 29.6 Å². The Balaban J connectivity index is 1.40. The summed E-state index contributed by atoms with van der Waals surface area (Å²) in [7, 11) is 0. The fourth-order valence-corrected chi connectivity index (χ4v) is 4.00. The van der Waals surface area contributed by atoms with Crippen molar-refractivity contribution in [1.82, 2.24) is 9.88 Å². The fourth-order valence-electron chi connectivity index (χ4n) is 3.83. The molecular formula is C22H21ClN2O2. The van der Waals surface area contributed by atoms with Gasteiger partial charge in [-0.2, -0.15) is 0 Å². The molecule has 1 aromatic heterocycles. The number of rotatable bonds is 4. The van der Waals surface area contributed by atoms with Gasteiger partial charge in [-0.05, 0) is 42.9 Å². The molecule has 3 aromatic rings. The lowest BCUT2D eigenvalue weighted by Crippen LogP contribution is -2.42. The summed E-state index contributed by atoms with van der Waals surface area (Å²) >= 11 is 5.98. The van der Waals surface area contributed by atoms with Crippen molar-refractivity contribution in [1.29, 1.82) is 0 Å². The molecule has 1 saturated heterocycles. The lowest BCUT2D eigenvalue weighted by Gasteiger charge is -2.31. The van der Waals surface area contributed by atoms with Gasteiger partial charge in [0.25, 0.3) is 11.7 Å². The Labute approximate surface area is 163 Å². The minimum absolute atomic E-state index is 0.413. The number of Topliss-reactive ketones (excluding diaryl/α,β-unsaturated/α-hetero) is 1. The Morgan fingerprint density at radius 2 is 1.81 bits per heavy atom. The largest absolute Gasteiger partial charge is 0.360 e. The zero-order valence-electron chi connectivity index (χ0n) is 15.0. The van der Waals surface area contributed by atoms with E-state index in [1.165, 1.54) is 5.56 Å². The Morgan fingerprint density at radius 1 is 1.07 bits per heavy atom. The normalized spacial score (nSPS) is 15.2. The third-order valence-electron chi connectivity index (χ3n) is 5.35. The third-order valence-corrected chi connectivity index (χ3v) is 5.59. The van der Waals surface area contributed by atoms with Crippen LogP contribution in [-0.2, 0) is 11.2 Å². The molecular weight excluding hydrogens is 360 g/mol. The lowest BCUT2D eigenvalue weighted by atomic mass is 9.90. The first-order valence-corrected chi connectivity index (χ1v) is 9.64. The molecule has 0 radical (unpaired) electrons. The van der Waals surface area contributed by atoms with Crippen LogP contribution in [0.3, 0.4) is 0 Å². The average Bonchev–Trinajstić information content (AvgIpc) is 3.11. The molecule has 1 amide bonds. The molecule has 138 valence electrons. The number of carbonyl (C=O) groups is 2. The number of ketones is 1. The molecule has 0 saturated carbocycles. The zero-order chi connectivity index (χ0) is 18.8. The van der Waals surface area contributed by atoms with Gasteiger partial charge in [-0.15, -0.1) is 0 Å². The minimum Gasteiger partial charge on any atom is -0.360 e. The predicted octanol–water partition coefficient (Wildman–Crippen LogP) is 4.49. The number of piperidine rings is 1. The molecule has 4 rings (SSSR count). The number of nitrogens with one attached hydrogen (secondary N) is 1. The van der Waals surface area contributed by atoms with Gasteiger partial charge in [0.2, 0.25) is 0 Å². The van der Waals surface area contributed by atoms with E-state index in [1.54, 1.807) is 29.3 Å². The summed E-state index contributed by atoms with van der Waals surface area (Å²) in [4.78, 5) is 30.2. The number of aromatic nitrogens is 1. The van der Waals surface area contributed by atoms with Gasteiger partial charge in [0.1, 0.15) is 0 Å². The van der Waals surface area contributed by atoms with Crippen LogP contribution < -0.4 is 0 Å². The monoisotopic (exact) mass is 380 g/mol. The first-order valence-electron chi connectivity index (χ1n) is 9.26. The molecule has 1 N–H and O–H groups in total. The topological polar surface area (TPSA) is 53.2 Å². The van der Waals surface area contributed by atoms with E-state index < -0.39 is 11.7 Å². The van der Waals surface area contributed by atoms with E-state index in [2.05, 4.69) is 29.2 Å². The quantitative estimate of drug-likeness (QED) is 0.535. The summed E-state index contributed by atoms with van der Waals surface area (Å²) in [6, 6.07) is 15.7. The lowest BCUT2D eigenvalue weighted by molar-refractivity contribution is -0.127. The molecule has 2 heterocycles. The SMILES string of the molecule is O=C(C(=O)N1CCC(Cc2ccccc2)CC1)c1c[nH]c2cc(Cl)ccc12. The number of carbonyl (C=O) groups excluding carboxylic acids is 2. The van der Waals surface area contributed by atoms with Crippen LogP contribution in [0.1, 0.15) is 28.8 Å². The predicted molar refractivity (Wildman–Crippen MR) is 107 cm³/mol. The van der Waals surface area contributed by atoms with Gasteiger partial charge in [-0.1, -0.05) is 48.0 Å². The smallest absolute Gasteiger partial charge is 0.295 e. The number of halogens is 1. The number of H-pyrrole nitrogens is 1. The second-order valence-electron chi connectivity index (χ2n) is 7.15. The Bertz CT molecular complexity index is 972. The van der Waals surface area contributed by atoms with E-state index in [1.807, 2.05) is 6.07 Å². The Hall–Kier alpha value is -2.59. The molecule has 0 atom stereocenters. The molecule has 27 heavy (non-hydrogen) atoms. The maximum absolute atomic E-state index is 12.7. The summed E-state index contributed by atoms with van der Waals surface area (Å²) < 4.78 is 0. The molecule has 0 spiro atoms. The van der Waals surface area contributed by atoms with Crippen LogP contribution in [-0.4, -0.2) is 34.7 Å². The van der Waals surface area contributed by atoms with Crippen molar-refractivity contribution in [2.24, 2.45) is 5.92 Å². The maximum atomic E-state index is 12.7. The molecule has 1 aliphatic heterocycles. The van der Waals surface area contributed by atoms with Crippen LogP contribution in [0.2, 0.25) is 5.02 Å². The highest BCUT2D eigenvalue weighted by molar-refractivity contribution is 6.45. The first kappa shape index (κ1) is 17.8. The molecule has 1 fully saturated rings. The number of hydrogen-bond acceptors (Lipinski definition) is 2. The molecule has 1 aliphatic rings. The van der Waals surface area contributed by atoms with E-state index in [9.17, 15) is 9.59 Å². The molecule has 0 aliphatic carbocycles. The third kappa shape index (κ3) is 3.76. The van der Waals surface area contributed by atoms with Gasteiger partial charge >= 0.3 is 0 Å². The number of benzene rings is 2. The van der Waals surface area contributed by atoms with Gasteiger partial charge < -0.3 is 9.88 Å². The zero-order valence-corrected chi connectivity index (χ0v) is 15.7. The van der Waals surface area contributed by atoms with Crippen LogP contribution in [0.4, 0.5) is 0 Å². The second kappa shape index (κ2) is 7.57. The molecule has 0 bridgehead atoms. The highest BCUT2D eigenvalue weighted by atomic mass is 35.5. The standard InChI is InChI=1S/C22H21ClN2O2/c23-17-6-7-18-19(14-24-20(18)13-17)21(26)22(27)25-10-8-16(9-11-25)12-15-4-2-1-3-5-15/h1-7,13-14,16,24H,8-12H2. The number of nitrogens with zero attached hydrogens (tertiary/aromatic N) is 1. The Kier molecular flexibility index (Phi) is 4.99. The number of hydrogen-bond donors (Lipinski definition) is 1. The summed E-state index contributed by atoms with van der Waals surface area (Å²) in [5, 5.41) is 1.33. The second-order valence-corrected chi connectivity index (χ2v) is 7.58. The number of aromatic amines is 1. The molecule has 2 aromatic carbocycles. The first-order chi connectivity index (χ1) is 13.1. The summed E-state index contributed by atoms with van der Waals surface area (Å²) in [6.45, 7) is 1.27. The van der Waals surface area contributed by atoms with Crippen molar-refractivity contribution in [3.05, 3.63) is 70.9 Å². The highest BCUT2D eigenvalue weighted by Gasteiger charge is 2.29. The van der Waals surface area contributed by atoms with Gasteiger partial charge in [0.15, 0.2) is 0 Å². The minimum atomic E-state index is -0.454. The van der Waals surface area contributed by atoms with Gasteiger partial charge in [0, 0.05) is 35.2 Å². The van der Waals surface area contributed by atoms with Crippen LogP contribution >= 0.6 is 11.6 Å². The number of likely N-dealkylation sites (tertiary alicyclic amines) is 1. The van der Waals surface area contributed by atoms with Crippen LogP contribution in [0.25, 0.3) is 10.9 Å². The highest BCUT2D eigenvalue weighted by Crippen LogP contribution is 2.25. The van der Waals surface area contributed by atoms with Crippen molar-refractivity contribution in [2.45, 2.75) is 19.3 Å². The molecule has 5 heteroatoms. The van der Waals surface area contributed by atoms with Crippen molar-refractivity contribution in [3.63, 3.8) is 0 Å². The fraction of sp³-hybridized carbons (Fsp3) is 0.273. The van der Waals surface area contributed by atoms with E-state index >= 15 is 0 Å². The summed E-state index contributed by atoms with van der Waals surface area (Å²) in [5.41, 5.74) is 2.51. The van der Waals surface area contributed by atoms with Crippen LogP contribution in [0, 0.1) is 5.92 Å². The summed E-state index contributed by atoms with van der Waals surface area (Å²) in [6.07, 6.45) is 4.48. The maximum Gasteiger partial charge on any atom is 0.295 e. The van der Waals surface area contributed by atoms with Gasteiger partial charge in [-0.3, -0.25) is 9.59 Å². The Morgan fingerprint density at radius 3 is 2.56 bits per heavy atom. The molecule has 0 unspecified atom stereocenters. The van der Waals surface area contributed by atoms with E-state index in [4.69, 9.17) is 11.6 Å². The van der Waals surface area contributed by atoms with Gasteiger partial charge in [-0.25, -0.2) is 0 Å². The molecule has 4 nitrogen and oxygen atoms in total. The van der Waals surface area contributed by atoms with Crippen molar-refractivity contribution >= 4 is 34.2 Å². The van der Waals surface area contributed by atoms with E-state index in [0.717, 1.165) is 30.2 Å². The van der Waals surface area contributed by atoms with Crippen molar-refractivity contribution in [2.75, 3.05) is 13.1 Å². The van der Waals surface area contributed by atoms with Gasteiger partial charge in [0.05, 0.1) is 5.56 Å². The van der Waals surface area contributed by atoms with Crippen LogP contribution in [0.15, 0.2) is 54.7 Å². The van der Waals surface area contributed by atoms with Crippen molar-refractivity contribution in [3.8, 4) is 0 Å². The number of amides is 1. The van der Waals surface area contributed by atoms with E-state index in [-0.39, 0.29) is 0 Å². The number of fused-ring (bicyclic) bond motifs is 1. The average molecular weight is 381 g/mol.